The number of nitrogens with zero attached hydrogens (tertiary/aromatic N) is 1. The Hall–Kier alpha value is -2.54. The van der Waals surface area contributed by atoms with E-state index in [0.29, 0.717) is 28.6 Å². The van der Waals surface area contributed by atoms with Crippen molar-refractivity contribution in [2.45, 2.75) is 26.9 Å². The summed E-state index contributed by atoms with van der Waals surface area (Å²) in [7, 11) is 0. The van der Waals surface area contributed by atoms with Crippen molar-refractivity contribution in [2.24, 2.45) is 0 Å². The fourth-order valence-electron chi connectivity index (χ4n) is 3.19. The molecule has 2 aromatic carbocycles. The summed E-state index contributed by atoms with van der Waals surface area (Å²) in [6.45, 7) is 6.56. The summed E-state index contributed by atoms with van der Waals surface area (Å²) in [5, 5.41) is 3.82. The molecule has 2 amide bonds. The molecule has 0 spiro atoms. The van der Waals surface area contributed by atoms with Gasteiger partial charge in [-0.15, -0.1) is 0 Å². The highest BCUT2D eigenvalue weighted by Crippen LogP contribution is 2.35. The molecular weight excluding hydrogens is 439 g/mol. The van der Waals surface area contributed by atoms with Crippen LogP contribution in [0.5, 0.6) is 5.75 Å². The van der Waals surface area contributed by atoms with Gasteiger partial charge < -0.3 is 14.8 Å². The van der Waals surface area contributed by atoms with E-state index in [9.17, 15) is 9.59 Å². The van der Waals surface area contributed by atoms with Crippen LogP contribution in [0.15, 0.2) is 48.2 Å². The van der Waals surface area contributed by atoms with E-state index in [1.54, 1.807) is 36.4 Å². The van der Waals surface area contributed by atoms with Gasteiger partial charge in [0.05, 0.1) is 36.5 Å². The van der Waals surface area contributed by atoms with Gasteiger partial charge in [0, 0.05) is 22.3 Å². The van der Waals surface area contributed by atoms with Gasteiger partial charge in [0.2, 0.25) is 0 Å². The standard InChI is InChI=1S/C23H24Cl2N2O4/c1-4-30-17-7-5-6-16(13-17)26-21-20(18-9-8-15(24)12-19(18)25)22(28)27(23(21)29)10-11-31-14(2)3/h5-9,12-14,26H,4,10-11H2,1-3H3. The SMILES string of the molecule is CCOc1cccc(NC2=C(c3ccc(Cl)cc3Cl)C(=O)N(CCOC(C)C)C2=O)c1. The average molecular weight is 463 g/mol. The molecule has 3 rings (SSSR count). The van der Waals surface area contributed by atoms with Crippen molar-refractivity contribution in [3.63, 3.8) is 0 Å². The molecule has 0 saturated carbocycles. The number of anilines is 1. The highest BCUT2D eigenvalue weighted by molar-refractivity contribution is 6.41. The lowest BCUT2D eigenvalue weighted by Gasteiger charge is -2.16. The van der Waals surface area contributed by atoms with E-state index in [4.69, 9.17) is 32.7 Å². The number of amides is 2. The Kier molecular flexibility index (Phi) is 7.59. The molecule has 0 aliphatic carbocycles. The molecule has 8 heteroatoms. The van der Waals surface area contributed by atoms with Gasteiger partial charge in [-0.05, 0) is 45.0 Å². The molecule has 0 bridgehead atoms. The first-order valence-corrected chi connectivity index (χ1v) is 10.7. The molecule has 0 aromatic heterocycles. The smallest absolute Gasteiger partial charge is 0.278 e. The summed E-state index contributed by atoms with van der Waals surface area (Å²) in [6.07, 6.45) is -0.00940. The quantitative estimate of drug-likeness (QED) is 0.530. The van der Waals surface area contributed by atoms with Gasteiger partial charge in [-0.1, -0.05) is 35.3 Å². The number of hydrogen-bond donors (Lipinski definition) is 1. The van der Waals surface area contributed by atoms with Gasteiger partial charge >= 0.3 is 0 Å². The molecule has 6 nitrogen and oxygen atoms in total. The highest BCUT2D eigenvalue weighted by Gasteiger charge is 2.39. The third-order valence-corrected chi connectivity index (χ3v) is 5.10. The molecule has 1 aliphatic rings. The fourth-order valence-corrected chi connectivity index (χ4v) is 3.69. The summed E-state index contributed by atoms with van der Waals surface area (Å²) in [5.74, 6) is -0.233. The van der Waals surface area contributed by atoms with Gasteiger partial charge in [0.25, 0.3) is 11.8 Å². The summed E-state index contributed by atoms with van der Waals surface area (Å²) in [5.41, 5.74) is 1.38. The minimum absolute atomic E-state index is 0.00940. The Morgan fingerprint density at radius 3 is 2.52 bits per heavy atom. The number of halogens is 2. The zero-order valence-electron chi connectivity index (χ0n) is 17.6. The highest BCUT2D eigenvalue weighted by atomic mass is 35.5. The summed E-state index contributed by atoms with van der Waals surface area (Å²) in [4.78, 5) is 27.6. The predicted octanol–water partition coefficient (Wildman–Crippen LogP) is 5.01. The van der Waals surface area contributed by atoms with E-state index in [1.807, 2.05) is 26.8 Å². The first-order chi connectivity index (χ1) is 14.8. The number of rotatable bonds is 9. The van der Waals surface area contributed by atoms with E-state index >= 15 is 0 Å². The number of hydrogen-bond acceptors (Lipinski definition) is 5. The van der Waals surface area contributed by atoms with Crippen LogP contribution in [0.4, 0.5) is 5.69 Å². The maximum Gasteiger partial charge on any atom is 0.278 e. The van der Waals surface area contributed by atoms with Crippen molar-refractivity contribution in [2.75, 3.05) is 25.1 Å². The third-order valence-electron chi connectivity index (χ3n) is 4.55. The molecule has 0 atom stereocenters. The van der Waals surface area contributed by atoms with Crippen LogP contribution in [0.2, 0.25) is 10.0 Å². The Labute approximate surface area is 191 Å². The van der Waals surface area contributed by atoms with E-state index in [-0.39, 0.29) is 35.5 Å². The Morgan fingerprint density at radius 1 is 1.06 bits per heavy atom. The van der Waals surface area contributed by atoms with Crippen LogP contribution in [0.25, 0.3) is 5.57 Å². The lowest BCUT2D eigenvalue weighted by Crippen LogP contribution is -2.35. The minimum atomic E-state index is -0.444. The molecule has 0 fully saturated rings. The van der Waals surface area contributed by atoms with Crippen LogP contribution in [-0.4, -0.2) is 42.6 Å². The third kappa shape index (κ3) is 5.39. The summed E-state index contributed by atoms with van der Waals surface area (Å²) >= 11 is 12.4. The van der Waals surface area contributed by atoms with Crippen molar-refractivity contribution in [3.05, 3.63) is 63.8 Å². The first-order valence-electron chi connectivity index (χ1n) is 9.99. The molecule has 2 aromatic rings. The van der Waals surface area contributed by atoms with E-state index in [0.717, 1.165) is 4.90 Å². The molecule has 1 N–H and O–H groups in total. The molecule has 31 heavy (non-hydrogen) atoms. The van der Waals surface area contributed by atoms with Crippen molar-refractivity contribution in [1.82, 2.24) is 4.90 Å². The number of benzene rings is 2. The Bertz CT molecular complexity index is 1020. The largest absolute Gasteiger partial charge is 0.494 e. The van der Waals surface area contributed by atoms with Crippen molar-refractivity contribution >= 4 is 46.3 Å². The number of carbonyl (C=O) groups is 2. The van der Waals surface area contributed by atoms with Gasteiger partial charge in [-0.3, -0.25) is 14.5 Å². The first kappa shape index (κ1) is 23.1. The maximum atomic E-state index is 13.2. The summed E-state index contributed by atoms with van der Waals surface area (Å²) < 4.78 is 11.1. The predicted molar refractivity (Wildman–Crippen MR) is 122 cm³/mol. The number of imide groups is 1. The van der Waals surface area contributed by atoms with Gasteiger partial charge in [-0.2, -0.15) is 0 Å². The topological polar surface area (TPSA) is 67.9 Å². The average Bonchev–Trinajstić information content (AvgIpc) is 2.93. The van der Waals surface area contributed by atoms with Gasteiger partial charge in [-0.25, -0.2) is 0 Å². The van der Waals surface area contributed by atoms with Crippen LogP contribution < -0.4 is 10.1 Å². The lowest BCUT2D eigenvalue weighted by atomic mass is 10.0. The van der Waals surface area contributed by atoms with Crippen LogP contribution in [0.1, 0.15) is 26.3 Å². The Balaban J connectivity index is 2.00. The molecule has 0 saturated heterocycles. The van der Waals surface area contributed by atoms with E-state index < -0.39 is 11.8 Å². The number of ether oxygens (including phenoxy) is 2. The second-order valence-corrected chi connectivity index (χ2v) is 7.99. The molecule has 0 radical (unpaired) electrons. The van der Waals surface area contributed by atoms with Gasteiger partial charge in [0.1, 0.15) is 11.4 Å². The second kappa shape index (κ2) is 10.2. The minimum Gasteiger partial charge on any atom is -0.494 e. The van der Waals surface area contributed by atoms with E-state index in [2.05, 4.69) is 5.32 Å². The van der Waals surface area contributed by atoms with Crippen molar-refractivity contribution < 1.29 is 19.1 Å². The number of carbonyl (C=O) groups excluding carboxylic acids is 2. The van der Waals surface area contributed by atoms with Crippen LogP contribution in [0.3, 0.4) is 0 Å². The van der Waals surface area contributed by atoms with Crippen molar-refractivity contribution in [3.8, 4) is 5.75 Å². The molecule has 164 valence electrons. The fraction of sp³-hybridized carbons (Fsp3) is 0.304. The van der Waals surface area contributed by atoms with Crippen molar-refractivity contribution in [1.29, 1.82) is 0 Å². The van der Waals surface area contributed by atoms with Crippen LogP contribution in [0, 0.1) is 0 Å². The van der Waals surface area contributed by atoms with Crippen LogP contribution >= 0.6 is 23.2 Å². The van der Waals surface area contributed by atoms with Gasteiger partial charge in [0.15, 0.2) is 0 Å². The summed E-state index contributed by atoms with van der Waals surface area (Å²) in [6, 6.07) is 12.0. The number of nitrogens with one attached hydrogen (secondary N) is 1. The van der Waals surface area contributed by atoms with E-state index in [1.165, 1.54) is 0 Å². The zero-order chi connectivity index (χ0) is 22.5. The normalized spacial score (nSPS) is 14.1. The second-order valence-electron chi connectivity index (χ2n) is 7.14. The molecule has 1 aliphatic heterocycles. The van der Waals surface area contributed by atoms with Crippen LogP contribution in [-0.2, 0) is 14.3 Å². The lowest BCUT2D eigenvalue weighted by molar-refractivity contribution is -0.137. The molecular formula is C23H24Cl2N2O4. The monoisotopic (exact) mass is 462 g/mol. The molecule has 1 heterocycles. The zero-order valence-corrected chi connectivity index (χ0v) is 19.1. The maximum absolute atomic E-state index is 13.2. The Morgan fingerprint density at radius 2 is 1.84 bits per heavy atom. The molecule has 0 unspecified atom stereocenters.